The van der Waals surface area contributed by atoms with Crippen molar-refractivity contribution in [3.05, 3.63) is 65.5 Å². The first-order chi connectivity index (χ1) is 14.3. The molecule has 2 saturated heterocycles. The van der Waals surface area contributed by atoms with E-state index >= 15 is 0 Å². The van der Waals surface area contributed by atoms with Gasteiger partial charge in [-0.25, -0.2) is 0 Å². The molecular formula is C25H32N4. The van der Waals surface area contributed by atoms with Gasteiger partial charge in [-0.1, -0.05) is 42.5 Å². The number of fused-ring (bicyclic) bond motifs is 1. The van der Waals surface area contributed by atoms with Gasteiger partial charge in [0.05, 0.1) is 5.69 Å². The van der Waals surface area contributed by atoms with E-state index in [2.05, 4.69) is 75.9 Å². The summed E-state index contributed by atoms with van der Waals surface area (Å²) in [5.41, 5.74) is 4.10. The molecule has 0 amide bonds. The fourth-order valence-electron chi connectivity index (χ4n) is 5.30. The Kier molecular flexibility index (Phi) is 5.38. The van der Waals surface area contributed by atoms with Gasteiger partial charge >= 0.3 is 0 Å². The van der Waals surface area contributed by atoms with Gasteiger partial charge in [0, 0.05) is 23.6 Å². The van der Waals surface area contributed by atoms with Gasteiger partial charge in [0.15, 0.2) is 0 Å². The van der Waals surface area contributed by atoms with Crippen molar-refractivity contribution >= 4 is 10.8 Å². The van der Waals surface area contributed by atoms with Gasteiger partial charge in [0.1, 0.15) is 0 Å². The highest BCUT2D eigenvalue weighted by Gasteiger charge is 2.27. The summed E-state index contributed by atoms with van der Waals surface area (Å²) in [5, 5.41) is 14.3. The Morgan fingerprint density at radius 1 is 0.931 bits per heavy atom. The molecule has 4 nitrogen and oxygen atoms in total. The number of aromatic nitrogens is 2. The number of H-pyrrole nitrogens is 1. The molecule has 2 aliphatic rings. The third kappa shape index (κ3) is 3.84. The predicted molar refractivity (Wildman–Crippen MR) is 119 cm³/mol. The standard InChI is InChI=1S/C25H32N4/c1-18(22-8-4-6-19-5-2-3-7-23(19)22)29-15-11-21(12-16-29)25-17-24(27-28-25)20-9-13-26-14-10-20/h2-8,17-18,20-21,26H,9-16H2,1H3,(H,27,28). The first-order valence-electron chi connectivity index (χ1n) is 11.3. The van der Waals surface area contributed by atoms with Crippen molar-refractivity contribution in [2.75, 3.05) is 26.2 Å². The smallest absolute Gasteiger partial charge is 0.0656 e. The molecule has 5 rings (SSSR count). The maximum atomic E-state index is 4.68. The van der Waals surface area contributed by atoms with E-state index in [1.54, 1.807) is 0 Å². The van der Waals surface area contributed by atoms with Crippen molar-refractivity contribution in [3.8, 4) is 0 Å². The molecule has 2 aromatic carbocycles. The number of aromatic amines is 1. The van der Waals surface area contributed by atoms with E-state index < -0.39 is 0 Å². The maximum Gasteiger partial charge on any atom is 0.0656 e. The van der Waals surface area contributed by atoms with Crippen LogP contribution in [0.5, 0.6) is 0 Å². The van der Waals surface area contributed by atoms with Crippen LogP contribution in [0.4, 0.5) is 0 Å². The molecular weight excluding hydrogens is 356 g/mol. The summed E-state index contributed by atoms with van der Waals surface area (Å²) in [7, 11) is 0. The second kappa shape index (κ2) is 8.29. The minimum Gasteiger partial charge on any atom is -0.317 e. The van der Waals surface area contributed by atoms with E-state index in [4.69, 9.17) is 0 Å². The Morgan fingerprint density at radius 3 is 2.52 bits per heavy atom. The molecule has 3 heterocycles. The number of likely N-dealkylation sites (tertiary alicyclic amines) is 1. The zero-order valence-electron chi connectivity index (χ0n) is 17.4. The number of rotatable bonds is 4. The van der Waals surface area contributed by atoms with Crippen LogP contribution < -0.4 is 5.32 Å². The molecule has 0 radical (unpaired) electrons. The van der Waals surface area contributed by atoms with Crippen molar-refractivity contribution in [2.24, 2.45) is 0 Å². The SMILES string of the molecule is CC(c1cccc2ccccc12)N1CCC(c2cc(C3CCNCC3)n[nH]2)CC1. The molecule has 3 aromatic rings. The molecule has 1 atom stereocenters. The van der Waals surface area contributed by atoms with Crippen LogP contribution in [0.15, 0.2) is 48.5 Å². The molecule has 0 saturated carbocycles. The summed E-state index contributed by atoms with van der Waals surface area (Å²) in [4.78, 5) is 2.66. The van der Waals surface area contributed by atoms with Gasteiger partial charge in [-0.05, 0) is 81.2 Å². The molecule has 4 heteroatoms. The Balaban J connectivity index is 1.25. The van der Waals surface area contributed by atoms with Gasteiger partial charge in [0.25, 0.3) is 0 Å². The molecule has 29 heavy (non-hydrogen) atoms. The van der Waals surface area contributed by atoms with Crippen molar-refractivity contribution in [1.82, 2.24) is 20.4 Å². The van der Waals surface area contributed by atoms with E-state index in [-0.39, 0.29) is 0 Å². The van der Waals surface area contributed by atoms with Gasteiger partial charge in [-0.2, -0.15) is 5.10 Å². The van der Waals surface area contributed by atoms with Gasteiger partial charge in [-0.15, -0.1) is 0 Å². The highest BCUT2D eigenvalue weighted by atomic mass is 15.2. The number of benzene rings is 2. The number of piperidine rings is 2. The van der Waals surface area contributed by atoms with Crippen molar-refractivity contribution < 1.29 is 0 Å². The lowest BCUT2D eigenvalue weighted by Crippen LogP contribution is -2.35. The Morgan fingerprint density at radius 2 is 1.69 bits per heavy atom. The molecule has 1 aromatic heterocycles. The summed E-state index contributed by atoms with van der Waals surface area (Å²) in [5.74, 6) is 1.25. The van der Waals surface area contributed by atoms with Gasteiger partial charge < -0.3 is 5.32 Å². The van der Waals surface area contributed by atoms with E-state index in [1.165, 1.54) is 53.4 Å². The lowest BCUT2D eigenvalue weighted by molar-refractivity contribution is 0.162. The fourth-order valence-corrected chi connectivity index (χ4v) is 5.30. The number of hydrogen-bond acceptors (Lipinski definition) is 3. The zero-order valence-corrected chi connectivity index (χ0v) is 17.4. The van der Waals surface area contributed by atoms with Crippen molar-refractivity contribution in [3.63, 3.8) is 0 Å². The third-order valence-electron chi connectivity index (χ3n) is 7.17. The van der Waals surface area contributed by atoms with E-state index in [0.29, 0.717) is 17.9 Å². The molecule has 2 aliphatic heterocycles. The van der Waals surface area contributed by atoms with Crippen molar-refractivity contribution in [1.29, 1.82) is 0 Å². The quantitative estimate of drug-likeness (QED) is 0.663. The predicted octanol–water partition coefficient (Wildman–Crippen LogP) is 4.97. The fraction of sp³-hybridized carbons (Fsp3) is 0.480. The highest BCUT2D eigenvalue weighted by molar-refractivity contribution is 5.86. The maximum absolute atomic E-state index is 4.68. The van der Waals surface area contributed by atoms with E-state index in [0.717, 1.165) is 26.2 Å². The average molecular weight is 389 g/mol. The first-order valence-corrected chi connectivity index (χ1v) is 11.3. The third-order valence-corrected chi connectivity index (χ3v) is 7.17. The summed E-state index contributed by atoms with van der Waals surface area (Å²) >= 11 is 0. The van der Waals surface area contributed by atoms with E-state index in [9.17, 15) is 0 Å². The lowest BCUT2D eigenvalue weighted by Gasteiger charge is -2.36. The summed E-state index contributed by atoms with van der Waals surface area (Å²) in [6.07, 6.45) is 4.85. The van der Waals surface area contributed by atoms with E-state index in [1.807, 2.05) is 0 Å². The van der Waals surface area contributed by atoms with Gasteiger partial charge in [-0.3, -0.25) is 10.00 Å². The second-order valence-electron chi connectivity index (χ2n) is 8.83. The second-order valence-corrected chi connectivity index (χ2v) is 8.83. The summed E-state index contributed by atoms with van der Waals surface area (Å²) in [6.45, 7) is 6.91. The van der Waals surface area contributed by atoms with Crippen LogP contribution in [0.3, 0.4) is 0 Å². The minimum absolute atomic E-state index is 0.453. The topological polar surface area (TPSA) is 44.0 Å². The van der Waals surface area contributed by atoms with Crippen LogP contribution >= 0.6 is 0 Å². The minimum atomic E-state index is 0.453. The highest BCUT2D eigenvalue weighted by Crippen LogP contribution is 2.35. The first kappa shape index (κ1) is 18.8. The lowest BCUT2D eigenvalue weighted by atomic mass is 9.89. The zero-order chi connectivity index (χ0) is 19.6. The molecule has 0 spiro atoms. The molecule has 152 valence electrons. The number of hydrogen-bond donors (Lipinski definition) is 2. The summed E-state index contributed by atoms with van der Waals surface area (Å²) < 4.78 is 0. The molecule has 2 N–H and O–H groups in total. The number of nitrogens with zero attached hydrogens (tertiary/aromatic N) is 2. The summed E-state index contributed by atoms with van der Waals surface area (Å²) in [6, 6.07) is 18.3. The Labute approximate surface area is 173 Å². The van der Waals surface area contributed by atoms with Crippen LogP contribution in [0, 0.1) is 0 Å². The van der Waals surface area contributed by atoms with Crippen LogP contribution in [0.1, 0.15) is 67.4 Å². The number of nitrogens with one attached hydrogen (secondary N) is 2. The largest absolute Gasteiger partial charge is 0.317 e. The molecule has 0 bridgehead atoms. The Bertz CT molecular complexity index is 943. The molecule has 0 aliphatic carbocycles. The van der Waals surface area contributed by atoms with Crippen LogP contribution in [0.2, 0.25) is 0 Å². The molecule has 1 unspecified atom stereocenters. The van der Waals surface area contributed by atoms with Crippen LogP contribution in [-0.4, -0.2) is 41.3 Å². The average Bonchev–Trinajstić information content (AvgIpc) is 3.29. The van der Waals surface area contributed by atoms with Crippen molar-refractivity contribution in [2.45, 2.75) is 50.5 Å². The van der Waals surface area contributed by atoms with Gasteiger partial charge in [0.2, 0.25) is 0 Å². The monoisotopic (exact) mass is 388 g/mol. The van der Waals surface area contributed by atoms with Crippen LogP contribution in [-0.2, 0) is 0 Å². The van der Waals surface area contributed by atoms with Crippen LogP contribution in [0.25, 0.3) is 10.8 Å². The normalized spacial score (nSPS) is 20.9. The Hall–Kier alpha value is -2.17. The molecule has 2 fully saturated rings.